The van der Waals surface area contributed by atoms with Crippen LogP contribution in [0.15, 0.2) is 52.2 Å². The molecule has 29 heavy (non-hydrogen) atoms. The zero-order chi connectivity index (χ0) is 20.4. The van der Waals surface area contributed by atoms with Gasteiger partial charge in [-0.15, -0.1) is 0 Å². The number of nitrogens with one attached hydrogen (secondary N) is 4. The van der Waals surface area contributed by atoms with E-state index in [1.54, 1.807) is 18.2 Å². The molecule has 0 saturated carbocycles. The highest BCUT2D eigenvalue weighted by Gasteiger charge is 2.21. The number of benzene rings is 2. The summed E-state index contributed by atoms with van der Waals surface area (Å²) in [7, 11) is -3.76. The van der Waals surface area contributed by atoms with Crippen LogP contribution in [0.3, 0.4) is 0 Å². The highest BCUT2D eigenvalue weighted by Crippen LogP contribution is 2.18. The van der Waals surface area contributed by atoms with Gasteiger partial charge >= 0.3 is 5.69 Å². The highest BCUT2D eigenvalue weighted by molar-refractivity contribution is 7.89. The van der Waals surface area contributed by atoms with E-state index in [2.05, 4.69) is 20.0 Å². The number of carbonyl (C=O) groups is 1. The molecule has 10 heteroatoms. The lowest BCUT2D eigenvalue weighted by Gasteiger charge is -2.12. The molecule has 1 atom stereocenters. The monoisotopic (exact) mass is 416 g/mol. The van der Waals surface area contributed by atoms with Gasteiger partial charge in [0.2, 0.25) is 10.0 Å². The first-order valence-corrected chi connectivity index (χ1v) is 10.6. The number of aromatic nitrogens is 2. The SMILES string of the molecule is O=C(Nc1ccc2[nH]c(=O)[nH]c2c1)c1cccc(S(=O)(=O)NC[C@@H]2CCCO2)c1. The number of H-pyrrole nitrogens is 2. The van der Waals surface area contributed by atoms with E-state index in [4.69, 9.17) is 4.74 Å². The molecule has 1 fully saturated rings. The van der Waals surface area contributed by atoms with Crippen LogP contribution in [-0.2, 0) is 14.8 Å². The van der Waals surface area contributed by atoms with E-state index in [0.29, 0.717) is 23.3 Å². The lowest BCUT2D eigenvalue weighted by molar-refractivity contribution is 0.102. The summed E-state index contributed by atoms with van der Waals surface area (Å²) in [6.07, 6.45) is 1.62. The Morgan fingerprint density at radius 2 is 1.97 bits per heavy atom. The summed E-state index contributed by atoms with van der Waals surface area (Å²) in [5, 5.41) is 2.70. The van der Waals surface area contributed by atoms with E-state index < -0.39 is 15.9 Å². The summed E-state index contributed by atoms with van der Waals surface area (Å²) < 4.78 is 33.0. The number of hydrogen-bond acceptors (Lipinski definition) is 5. The molecule has 1 aliphatic heterocycles. The molecule has 0 bridgehead atoms. The van der Waals surface area contributed by atoms with Crippen molar-refractivity contribution < 1.29 is 17.9 Å². The minimum atomic E-state index is -3.76. The molecular formula is C19H20N4O5S. The van der Waals surface area contributed by atoms with Crippen LogP contribution in [0, 0.1) is 0 Å². The molecule has 0 radical (unpaired) electrons. The molecule has 1 aromatic heterocycles. The van der Waals surface area contributed by atoms with Gasteiger partial charge in [-0.25, -0.2) is 17.9 Å². The largest absolute Gasteiger partial charge is 0.377 e. The molecule has 2 aromatic carbocycles. The van der Waals surface area contributed by atoms with Gasteiger partial charge in [-0.3, -0.25) is 4.79 Å². The molecule has 4 N–H and O–H groups in total. The van der Waals surface area contributed by atoms with Crippen LogP contribution in [-0.4, -0.2) is 43.5 Å². The van der Waals surface area contributed by atoms with Crippen LogP contribution >= 0.6 is 0 Å². The van der Waals surface area contributed by atoms with Gasteiger partial charge in [-0.2, -0.15) is 0 Å². The lowest BCUT2D eigenvalue weighted by Crippen LogP contribution is -2.32. The number of hydrogen-bond donors (Lipinski definition) is 4. The van der Waals surface area contributed by atoms with Crippen LogP contribution in [0.25, 0.3) is 11.0 Å². The third-order valence-corrected chi connectivity index (χ3v) is 6.13. The van der Waals surface area contributed by atoms with Crippen molar-refractivity contribution in [3.05, 3.63) is 58.5 Å². The maximum Gasteiger partial charge on any atom is 0.323 e. The van der Waals surface area contributed by atoms with E-state index in [1.807, 2.05) is 0 Å². The average molecular weight is 416 g/mol. The number of carbonyl (C=O) groups excluding carboxylic acids is 1. The minimum absolute atomic E-state index is 0.00793. The van der Waals surface area contributed by atoms with E-state index in [9.17, 15) is 18.0 Å². The fourth-order valence-corrected chi connectivity index (χ4v) is 4.32. The molecule has 1 amide bonds. The second-order valence-corrected chi connectivity index (χ2v) is 8.58. The van der Waals surface area contributed by atoms with Gasteiger partial charge in [0.1, 0.15) is 0 Å². The third-order valence-electron chi connectivity index (χ3n) is 4.71. The number of rotatable bonds is 6. The maximum absolute atomic E-state index is 12.6. The minimum Gasteiger partial charge on any atom is -0.377 e. The molecule has 9 nitrogen and oxygen atoms in total. The van der Waals surface area contributed by atoms with Gasteiger partial charge in [0.15, 0.2) is 0 Å². The van der Waals surface area contributed by atoms with E-state index >= 15 is 0 Å². The average Bonchev–Trinajstić information content (AvgIpc) is 3.35. The van der Waals surface area contributed by atoms with Crippen molar-refractivity contribution in [2.24, 2.45) is 0 Å². The van der Waals surface area contributed by atoms with Gasteiger partial charge < -0.3 is 20.0 Å². The smallest absolute Gasteiger partial charge is 0.323 e. The fraction of sp³-hybridized carbons (Fsp3) is 0.263. The predicted octanol–water partition coefficient (Wildman–Crippen LogP) is 1.57. The molecule has 3 aromatic rings. The predicted molar refractivity (Wildman–Crippen MR) is 107 cm³/mol. The van der Waals surface area contributed by atoms with Crippen LogP contribution in [0.4, 0.5) is 5.69 Å². The van der Waals surface area contributed by atoms with Crippen molar-refractivity contribution in [1.29, 1.82) is 0 Å². The fourth-order valence-electron chi connectivity index (χ4n) is 3.21. The number of fused-ring (bicyclic) bond motifs is 1. The van der Waals surface area contributed by atoms with Crippen LogP contribution in [0.1, 0.15) is 23.2 Å². The third kappa shape index (κ3) is 4.39. The van der Waals surface area contributed by atoms with Crippen LogP contribution < -0.4 is 15.7 Å². The van der Waals surface area contributed by atoms with Crippen molar-refractivity contribution in [2.45, 2.75) is 23.8 Å². The quantitative estimate of drug-likeness (QED) is 0.484. The summed E-state index contributed by atoms with van der Waals surface area (Å²) in [5.41, 5.74) is 1.52. The Kier molecular flexibility index (Phi) is 5.22. The Balaban J connectivity index is 1.49. The van der Waals surface area contributed by atoms with E-state index in [0.717, 1.165) is 12.8 Å². The van der Waals surface area contributed by atoms with Crippen LogP contribution in [0.5, 0.6) is 0 Å². The molecule has 1 aliphatic rings. The number of ether oxygens (including phenoxy) is 1. The summed E-state index contributed by atoms with van der Waals surface area (Å²) in [6.45, 7) is 0.845. The van der Waals surface area contributed by atoms with Crippen molar-refractivity contribution in [1.82, 2.24) is 14.7 Å². The van der Waals surface area contributed by atoms with Crippen molar-refractivity contribution >= 4 is 32.7 Å². The van der Waals surface area contributed by atoms with Gasteiger partial charge in [-0.1, -0.05) is 6.07 Å². The number of anilines is 1. The molecule has 4 rings (SSSR count). The van der Waals surface area contributed by atoms with Gasteiger partial charge in [0.05, 0.1) is 22.0 Å². The van der Waals surface area contributed by atoms with Gasteiger partial charge in [-0.05, 0) is 49.2 Å². The number of aromatic amines is 2. The van der Waals surface area contributed by atoms with Crippen molar-refractivity contribution in [3.8, 4) is 0 Å². The van der Waals surface area contributed by atoms with Gasteiger partial charge in [0, 0.05) is 24.4 Å². The van der Waals surface area contributed by atoms with E-state index in [1.165, 1.54) is 24.3 Å². The highest BCUT2D eigenvalue weighted by atomic mass is 32.2. The van der Waals surface area contributed by atoms with Crippen molar-refractivity contribution in [2.75, 3.05) is 18.5 Å². The topological polar surface area (TPSA) is 133 Å². The summed E-state index contributed by atoms with van der Waals surface area (Å²) in [5.74, 6) is -0.460. The second-order valence-electron chi connectivity index (χ2n) is 6.81. The first-order valence-electron chi connectivity index (χ1n) is 9.15. The Labute approximate surface area is 166 Å². The van der Waals surface area contributed by atoms with Gasteiger partial charge in [0.25, 0.3) is 5.91 Å². The first kappa shape index (κ1) is 19.4. The van der Waals surface area contributed by atoms with Crippen molar-refractivity contribution in [3.63, 3.8) is 0 Å². The normalized spacial score (nSPS) is 16.9. The summed E-state index contributed by atoms with van der Waals surface area (Å²) in [6, 6.07) is 10.7. The molecule has 0 unspecified atom stereocenters. The molecular weight excluding hydrogens is 396 g/mol. The van der Waals surface area contributed by atoms with E-state index in [-0.39, 0.29) is 28.8 Å². The maximum atomic E-state index is 12.6. The molecule has 152 valence electrons. The second kappa shape index (κ2) is 7.82. The Morgan fingerprint density at radius 3 is 2.76 bits per heavy atom. The first-order chi connectivity index (χ1) is 13.9. The lowest BCUT2D eigenvalue weighted by atomic mass is 10.2. The number of sulfonamides is 1. The Bertz CT molecular complexity index is 1210. The molecule has 1 saturated heterocycles. The zero-order valence-corrected chi connectivity index (χ0v) is 16.2. The molecule has 2 heterocycles. The Morgan fingerprint density at radius 1 is 1.14 bits per heavy atom. The Hall–Kier alpha value is -2.95. The standard InChI is InChI=1S/C19H20N4O5S/c24-18(21-13-6-7-16-17(10-13)23-19(25)22-16)12-3-1-5-15(9-12)29(26,27)20-11-14-4-2-8-28-14/h1,3,5-7,9-10,14,20H,2,4,8,11H2,(H,21,24)(H2,22,23,25)/t14-/m0/s1. The number of amides is 1. The summed E-state index contributed by atoms with van der Waals surface area (Å²) in [4.78, 5) is 29.2. The molecule has 0 aliphatic carbocycles. The molecule has 0 spiro atoms. The number of imidazole rings is 1. The summed E-state index contributed by atoms with van der Waals surface area (Å²) >= 11 is 0. The van der Waals surface area contributed by atoms with Crippen LogP contribution in [0.2, 0.25) is 0 Å². The zero-order valence-electron chi connectivity index (χ0n) is 15.4.